The van der Waals surface area contributed by atoms with Crippen LogP contribution in [-0.2, 0) is 19.1 Å². The van der Waals surface area contributed by atoms with Crippen molar-refractivity contribution in [3.8, 4) is 0 Å². The van der Waals surface area contributed by atoms with Crippen molar-refractivity contribution in [3.63, 3.8) is 0 Å². The molecule has 4 nitrogen and oxygen atoms in total. The van der Waals surface area contributed by atoms with E-state index in [4.69, 9.17) is 4.74 Å². The van der Waals surface area contributed by atoms with Crippen LogP contribution in [0, 0.1) is 5.92 Å². The number of alkyl halides is 12. The average Bonchev–Trinajstić information content (AvgIpc) is 2.77. The standard InChI is InChI=1S/C11H8F12O2.C11H20O2/c1-4(2)5(24)25-11(22,23)10(20,21)9(18,19)8(16,17)7(14,15)6(3,12)13;1-4-7-8-10(5-2)9-13-11(12)6-3/h1H2,2-3H3;6,10H,3-5,7-9H2,1-2H3. The molecule has 16 heteroatoms. The number of unbranched alkanes of at least 4 members (excludes halogenated alkanes) is 1. The number of esters is 2. The highest BCUT2D eigenvalue weighted by atomic mass is 19.4. The van der Waals surface area contributed by atoms with Gasteiger partial charge in [-0.3, -0.25) is 0 Å². The molecule has 0 N–H and O–H groups in total. The van der Waals surface area contributed by atoms with Crippen LogP contribution in [0.25, 0.3) is 0 Å². The zero-order valence-corrected chi connectivity index (χ0v) is 20.8. The maximum atomic E-state index is 13.2. The smallest absolute Gasteiger partial charge is 0.462 e. The normalized spacial score (nSPS) is 14.1. The molecule has 0 aliphatic carbocycles. The number of halogens is 12. The van der Waals surface area contributed by atoms with Gasteiger partial charge in [-0.15, -0.1) is 0 Å². The monoisotopic (exact) mass is 584 g/mol. The fraction of sp³-hybridized carbons (Fsp3) is 0.727. The summed E-state index contributed by atoms with van der Waals surface area (Å²) < 4.78 is 163. The van der Waals surface area contributed by atoms with Crippen LogP contribution in [0.15, 0.2) is 24.8 Å². The highest BCUT2D eigenvalue weighted by molar-refractivity contribution is 5.87. The van der Waals surface area contributed by atoms with Gasteiger partial charge in [0.1, 0.15) is 0 Å². The fourth-order valence-corrected chi connectivity index (χ4v) is 2.28. The molecule has 0 spiro atoms. The molecule has 224 valence electrons. The molecule has 0 heterocycles. The van der Waals surface area contributed by atoms with E-state index in [-0.39, 0.29) is 5.97 Å². The quantitative estimate of drug-likeness (QED) is 0.119. The molecule has 0 amide bonds. The third-order valence-electron chi connectivity index (χ3n) is 4.84. The van der Waals surface area contributed by atoms with Crippen molar-refractivity contribution in [1.82, 2.24) is 0 Å². The van der Waals surface area contributed by atoms with Gasteiger partial charge in [-0.1, -0.05) is 46.3 Å². The number of rotatable bonds is 14. The van der Waals surface area contributed by atoms with Crippen LogP contribution < -0.4 is 0 Å². The van der Waals surface area contributed by atoms with Gasteiger partial charge in [-0.25, -0.2) is 9.59 Å². The second kappa shape index (κ2) is 13.6. The SMILES string of the molecule is C=C(C)C(=O)OC(F)(F)C(F)(F)C(F)(F)C(F)(F)C(F)(F)C(C)(F)F.C=CC(=O)OCC(CC)CCCC. The van der Waals surface area contributed by atoms with E-state index in [0.29, 0.717) is 19.4 Å². The minimum absolute atomic E-state index is 0.310. The van der Waals surface area contributed by atoms with E-state index in [0.717, 1.165) is 12.8 Å². The summed E-state index contributed by atoms with van der Waals surface area (Å²) in [4.78, 5) is 21.5. The van der Waals surface area contributed by atoms with Crippen molar-refractivity contribution in [2.45, 2.75) is 89.1 Å². The summed E-state index contributed by atoms with van der Waals surface area (Å²) in [5.41, 5.74) is -1.07. The van der Waals surface area contributed by atoms with Crippen LogP contribution in [0.5, 0.6) is 0 Å². The van der Waals surface area contributed by atoms with Crippen LogP contribution in [0.4, 0.5) is 52.7 Å². The van der Waals surface area contributed by atoms with Gasteiger partial charge < -0.3 is 9.47 Å². The lowest BCUT2D eigenvalue weighted by Gasteiger charge is -2.39. The lowest BCUT2D eigenvalue weighted by atomic mass is 9.94. The fourth-order valence-electron chi connectivity index (χ4n) is 2.28. The lowest BCUT2D eigenvalue weighted by Crippen LogP contribution is -2.70. The first-order valence-corrected chi connectivity index (χ1v) is 10.8. The Hall–Kier alpha value is -2.42. The molecule has 0 aromatic heterocycles. The van der Waals surface area contributed by atoms with Gasteiger partial charge in [0.05, 0.1) is 6.61 Å². The van der Waals surface area contributed by atoms with Crippen molar-refractivity contribution < 1.29 is 71.7 Å². The maximum absolute atomic E-state index is 13.2. The van der Waals surface area contributed by atoms with Gasteiger partial charge in [0.15, 0.2) is 0 Å². The van der Waals surface area contributed by atoms with Gasteiger partial charge in [0.25, 0.3) is 0 Å². The average molecular weight is 584 g/mol. The Balaban J connectivity index is 0. The zero-order chi connectivity index (χ0) is 31.0. The van der Waals surface area contributed by atoms with Crippen LogP contribution in [0.2, 0.25) is 0 Å². The predicted molar refractivity (Wildman–Crippen MR) is 111 cm³/mol. The lowest BCUT2D eigenvalue weighted by molar-refractivity contribution is -0.449. The molecule has 0 saturated heterocycles. The molecule has 0 radical (unpaired) electrons. The number of hydrogen-bond acceptors (Lipinski definition) is 4. The third kappa shape index (κ3) is 8.55. The van der Waals surface area contributed by atoms with Gasteiger partial charge in [0.2, 0.25) is 0 Å². The van der Waals surface area contributed by atoms with Crippen molar-refractivity contribution in [3.05, 3.63) is 24.8 Å². The topological polar surface area (TPSA) is 52.6 Å². The summed E-state index contributed by atoms with van der Waals surface area (Å²) in [6, 6.07) is 0. The molecule has 0 bridgehead atoms. The Bertz CT molecular complexity index is 820. The maximum Gasteiger partial charge on any atom is 0.473 e. The summed E-state index contributed by atoms with van der Waals surface area (Å²) >= 11 is 0. The highest BCUT2D eigenvalue weighted by Crippen LogP contribution is 2.60. The Morgan fingerprint density at radius 3 is 1.63 bits per heavy atom. The number of carbonyl (C=O) groups excluding carboxylic acids is 2. The van der Waals surface area contributed by atoms with E-state index in [1.54, 1.807) is 0 Å². The Morgan fingerprint density at radius 1 is 0.842 bits per heavy atom. The minimum atomic E-state index is -7.76. The van der Waals surface area contributed by atoms with E-state index in [9.17, 15) is 62.3 Å². The van der Waals surface area contributed by atoms with Gasteiger partial charge >= 0.3 is 47.7 Å². The van der Waals surface area contributed by atoms with E-state index < -0.39 is 54.2 Å². The Labute approximate surface area is 211 Å². The second-order valence-electron chi connectivity index (χ2n) is 8.12. The van der Waals surface area contributed by atoms with Crippen molar-refractivity contribution in [1.29, 1.82) is 0 Å². The van der Waals surface area contributed by atoms with Crippen molar-refractivity contribution in [2.75, 3.05) is 6.61 Å². The van der Waals surface area contributed by atoms with E-state index >= 15 is 0 Å². The van der Waals surface area contributed by atoms with Gasteiger partial charge in [-0.2, -0.15) is 52.7 Å². The van der Waals surface area contributed by atoms with Crippen LogP contribution in [0.3, 0.4) is 0 Å². The molecule has 1 unspecified atom stereocenters. The van der Waals surface area contributed by atoms with Crippen LogP contribution >= 0.6 is 0 Å². The molecule has 0 aliphatic rings. The Kier molecular flexibility index (Phi) is 13.5. The van der Waals surface area contributed by atoms with Crippen molar-refractivity contribution >= 4 is 11.9 Å². The number of carbonyl (C=O) groups is 2. The zero-order valence-electron chi connectivity index (χ0n) is 20.8. The molecular formula is C22H28F12O4. The second-order valence-corrected chi connectivity index (χ2v) is 8.12. The summed E-state index contributed by atoms with van der Waals surface area (Å²) in [6.07, 6.45) is -0.917. The summed E-state index contributed by atoms with van der Waals surface area (Å²) in [5, 5.41) is 0. The summed E-state index contributed by atoms with van der Waals surface area (Å²) in [5.74, 6) is -38.3. The first kappa shape index (κ1) is 37.7. The van der Waals surface area contributed by atoms with Crippen molar-refractivity contribution in [2.24, 2.45) is 5.92 Å². The van der Waals surface area contributed by atoms with Crippen LogP contribution in [-0.4, -0.2) is 54.3 Å². The third-order valence-corrected chi connectivity index (χ3v) is 4.84. The largest absolute Gasteiger partial charge is 0.473 e. The number of hydrogen-bond donors (Lipinski definition) is 0. The van der Waals surface area contributed by atoms with Gasteiger partial charge in [-0.05, 0) is 19.3 Å². The molecule has 0 aliphatic heterocycles. The molecular weight excluding hydrogens is 556 g/mol. The van der Waals surface area contributed by atoms with Gasteiger partial charge in [0, 0.05) is 18.6 Å². The molecule has 0 aromatic carbocycles. The summed E-state index contributed by atoms with van der Waals surface area (Å²) in [6.45, 7) is 10.3. The first-order chi connectivity index (χ1) is 16.8. The highest BCUT2D eigenvalue weighted by Gasteiger charge is 2.90. The van der Waals surface area contributed by atoms with E-state index in [1.165, 1.54) is 18.9 Å². The first-order valence-electron chi connectivity index (χ1n) is 10.8. The molecule has 1 atom stereocenters. The number of ether oxygens (including phenoxy) is 2. The van der Waals surface area contributed by atoms with E-state index in [1.807, 2.05) is 0 Å². The van der Waals surface area contributed by atoms with Crippen LogP contribution in [0.1, 0.15) is 53.4 Å². The summed E-state index contributed by atoms with van der Waals surface area (Å²) in [7, 11) is 0. The van der Waals surface area contributed by atoms with E-state index in [2.05, 4.69) is 31.7 Å². The molecule has 0 saturated carbocycles. The predicted octanol–water partition coefficient (Wildman–Crippen LogP) is 7.83. The molecule has 0 fully saturated rings. The molecule has 0 aromatic rings. The molecule has 0 rings (SSSR count). The Morgan fingerprint density at radius 2 is 1.29 bits per heavy atom. The molecule has 38 heavy (non-hydrogen) atoms. The minimum Gasteiger partial charge on any atom is -0.462 e.